The molecule has 1 aliphatic heterocycles. The van der Waals surface area contributed by atoms with Gasteiger partial charge in [0.25, 0.3) is 5.91 Å². The van der Waals surface area contributed by atoms with Crippen LogP contribution in [-0.4, -0.2) is 55.0 Å². The topological polar surface area (TPSA) is 49.6 Å². The molecule has 6 heteroatoms. The van der Waals surface area contributed by atoms with Crippen molar-refractivity contribution in [2.24, 2.45) is 5.73 Å². The molecule has 1 saturated heterocycles. The number of rotatable bonds is 3. The van der Waals surface area contributed by atoms with Crippen molar-refractivity contribution < 1.29 is 4.79 Å². The molecule has 104 valence electrons. The van der Waals surface area contributed by atoms with Gasteiger partial charge in [0, 0.05) is 54.9 Å². The molecular formula is C13H17Cl2N3O. The molecule has 0 radical (unpaired) electrons. The molecule has 19 heavy (non-hydrogen) atoms. The van der Waals surface area contributed by atoms with Gasteiger partial charge in [-0.05, 0) is 18.2 Å². The average molecular weight is 302 g/mol. The van der Waals surface area contributed by atoms with Crippen LogP contribution in [0.4, 0.5) is 0 Å². The molecule has 1 fully saturated rings. The minimum atomic E-state index is -0.0169. The second-order valence-corrected chi connectivity index (χ2v) is 5.45. The predicted octanol–water partition coefficient (Wildman–Crippen LogP) is 1.71. The first-order chi connectivity index (χ1) is 9.10. The van der Waals surface area contributed by atoms with Gasteiger partial charge in [-0.25, -0.2) is 0 Å². The summed E-state index contributed by atoms with van der Waals surface area (Å²) in [6, 6.07) is 4.93. The SMILES string of the molecule is NCCN1CCN(C(=O)c2cc(Cl)cc(Cl)c2)CC1. The molecule has 0 saturated carbocycles. The lowest BCUT2D eigenvalue weighted by Gasteiger charge is -2.34. The molecule has 0 bridgehead atoms. The maximum absolute atomic E-state index is 12.3. The Morgan fingerprint density at radius 2 is 1.68 bits per heavy atom. The molecule has 1 aliphatic rings. The maximum atomic E-state index is 12.3. The Morgan fingerprint density at radius 3 is 2.21 bits per heavy atom. The van der Waals surface area contributed by atoms with Gasteiger partial charge >= 0.3 is 0 Å². The third-order valence-corrected chi connectivity index (χ3v) is 3.65. The summed E-state index contributed by atoms with van der Waals surface area (Å²) >= 11 is 11.8. The summed E-state index contributed by atoms with van der Waals surface area (Å²) in [5.74, 6) is -0.0169. The van der Waals surface area contributed by atoms with E-state index >= 15 is 0 Å². The van der Waals surface area contributed by atoms with Gasteiger partial charge in [-0.3, -0.25) is 9.69 Å². The summed E-state index contributed by atoms with van der Waals surface area (Å²) in [5.41, 5.74) is 6.07. The van der Waals surface area contributed by atoms with Gasteiger partial charge in [0.15, 0.2) is 0 Å². The highest BCUT2D eigenvalue weighted by Gasteiger charge is 2.22. The first-order valence-corrected chi connectivity index (χ1v) is 7.03. The molecule has 1 amide bonds. The largest absolute Gasteiger partial charge is 0.336 e. The van der Waals surface area contributed by atoms with Gasteiger partial charge in [-0.1, -0.05) is 23.2 Å². The van der Waals surface area contributed by atoms with E-state index in [9.17, 15) is 4.79 Å². The van der Waals surface area contributed by atoms with E-state index in [0.29, 0.717) is 35.2 Å². The number of hydrogen-bond acceptors (Lipinski definition) is 3. The molecule has 1 aromatic carbocycles. The van der Waals surface area contributed by atoms with Gasteiger partial charge in [-0.15, -0.1) is 0 Å². The Bertz CT molecular complexity index is 439. The van der Waals surface area contributed by atoms with Crippen molar-refractivity contribution >= 4 is 29.1 Å². The van der Waals surface area contributed by atoms with Gasteiger partial charge in [0.2, 0.25) is 0 Å². The number of halogens is 2. The summed E-state index contributed by atoms with van der Waals surface area (Å²) in [4.78, 5) is 16.4. The van der Waals surface area contributed by atoms with Crippen molar-refractivity contribution in [1.82, 2.24) is 9.80 Å². The first kappa shape index (κ1) is 14.6. The number of amides is 1. The summed E-state index contributed by atoms with van der Waals surface area (Å²) in [6.45, 7) is 4.67. The van der Waals surface area contributed by atoms with Crippen molar-refractivity contribution in [3.05, 3.63) is 33.8 Å². The number of carbonyl (C=O) groups excluding carboxylic acids is 1. The Morgan fingerprint density at radius 1 is 1.11 bits per heavy atom. The molecule has 2 rings (SSSR count). The van der Waals surface area contributed by atoms with Crippen LogP contribution in [0.25, 0.3) is 0 Å². The van der Waals surface area contributed by atoms with Crippen LogP contribution in [0.1, 0.15) is 10.4 Å². The van der Waals surface area contributed by atoms with Crippen LogP contribution < -0.4 is 5.73 Å². The van der Waals surface area contributed by atoms with E-state index in [-0.39, 0.29) is 5.91 Å². The van der Waals surface area contributed by atoms with E-state index in [1.165, 1.54) is 0 Å². The fourth-order valence-electron chi connectivity index (χ4n) is 2.22. The Kier molecular flexibility index (Phi) is 5.05. The van der Waals surface area contributed by atoms with Crippen LogP contribution in [0.15, 0.2) is 18.2 Å². The average Bonchev–Trinajstić information content (AvgIpc) is 2.38. The molecule has 4 nitrogen and oxygen atoms in total. The monoisotopic (exact) mass is 301 g/mol. The number of nitrogens with two attached hydrogens (primary N) is 1. The highest BCUT2D eigenvalue weighted by Crippen LogP contribution is 2.20. The summed E-state index contributed by atoms with van der Waals surface area (Å²) < 4.78 is 0. The number of nitrogens with zero attached hydrogens (tertiary/aromatic N) is 2. The maximum Gasteiger partial charge on any atom is 0.254 e. The zero-order chi connectivity index (χ0) is 13.8. The van der Waals surface area contributed by atoms with Crippen LogP contribution in [-0.2, 0) is 0 Å². The van der Waals surface area contributed by atoms with E-state index < -0.39 is 0 Å². The van der Waals surface area contributed by atoms with Crippen LogP contribution in [0.2, 0.25) is 10.0 Å². The van der Waals surface area contributed by atoms with Crippen molar-refractivity contribution in [1.29, 1.82) is 0 Å². The van der Waals surface area contributed by atoms with Crippen molar-refractivity contribution in [3.8, 4) is 0 Å². The van der Waals surface area contributed by atoms with Crippen molar-refractivity contribution in [2.45, 2.75) is 0 Å². The quantitative estimate of drug-likeness (QED) is 0.925. The summed E-state index contributed by atoms with van der Waals surface area (Å²) in [5, 5.41) is 0.968. The van der Waals surface area contributed by atoms with E-state index in [2.05, 4.69) is 4.90 Å². The number of benzene rings is 1. The van der Waals surface area contributed by atoms with Crippen molar-refractivity contribution in [2.75, 3.05) is 39.3 Å². The fraction of sp³-hybridized carbons (Fsp3) is 0.462. The highest BCUT2D eigenvalue weighted by molar-refractivity contribution is 6.35. The lowest BCUT2D eigenvalue weighted by molar-refractivity contribution is 0.0641. The molecule has 2 N–H and O–H groups in total. The second-order valence-electron chi connectivity index (χ2n) is 4.58. The molecule has 1 heterocycles. The zero-order valence-electron chi connectivity index (χ0n) is 10.6. The normalized spacial score (nSPS) is 16.7. The van der Waals surface area contributed by atoms with Crippen LogP contribution in [0.5, 0.6) is 0 Å². The molecule has 0 aliphatic carbocycles. The van der Waals surface area contributed by atoms with Gasteiger partial charge in [0.1, 0.15) is 0 Å². The third-order valence-electron chi connectivity index (χ3n) is 3.21. The number of piperazine rings is 1. The van der Waals surface area contributed by atoms with E-state index in [1.807, 2.05) is 4.90 Å². The van der Waals surface area contributed by atoms with Crippen LogP contribution in [0, 0.1) is 0 Å². The zero-order valence-corrected chi connectivity index (χ0v) is 12.1. The number of hydrogen-bond donors (Lipinski definition) is 1. The minimum absolute atomic E-state index is 0.0169. The second kappa shape index (κ2) is 6.57. The molecule has 0 spiro atoms. The Balaban J connectivity index is 2.01. The highest BCUT2D eigenvalue weighted by atomic mass is 35.5. The molecule has 0 unspecified atom stereocenters. The smallest absolute Gasteiger partial charge is 0.254 e. The Labute approximate surface area is 123 Å². The standard InChI is InChI=1S/C13H17Cl2N3O/c14-11-7-10(8-12(15)9-11)13(19)18-5-3-17(2-1-16)4-6-18/h7-9H,1-6,16H2. The van der Waals surface area contributed by atoms with E-state index in [4.69, 9.17) is 28.9 Å². The van der Waals surface area contributed by atoms with Crippen molar-refractivity contribution in [3.63, 3.8) is 0 Å². The lowest BCUT2D eigenvalue weighted by Crippen LogP contribution is -2.49. The first-order valence-electron chi connectivity index (χ1n) is 6.28. The third kappa shape index (κ3) is 3.83. The molecule has 1 aromatic rings. The Hall–Kier alpha value is -0.810. The van der Waals surface area contributed by atoms with Crippen LogP contribution >= 0.6 is 23.2 Å². The predicted molar refractivity (Wildman–Crippen MR) is 77.9 cm³/mol. The van der Waals surface area contributed by atoms with E-state index in [1.54, 1.807) is 18.2 Å². The lowest BCUT2D eigenvalue weighted by atomic mass is 10.2. The molecular weight excluding hydrogens is 285 g/mol. The number of carbonyl (C=O) groups is 1. The summed E-state index contributed by atoms with van der Waals surface area (Å²) in [7, 11) is 0. The fourth-order valence-corrected chi connectivity index (χ4v) is 2.74. The molecule has 0 atom stereocenters. The van der Waals surface area contributed by atoms with Crippen LogP contribution in [0.3, 0.4) is 0 Å². The minimum Gasteiger partial charge on any atom is -0.336 e. The summed E-state index contributed by atoms with van der Waals surface area (Å²) in [6.07, 6.45) is 0. The van der Waals surface area contributed by atoms with Gasteiger partial charge in [-0.2, -0.15) is 0 Å². The van der Waals surface area contributed by atoms with Gasteiger partial charge in [0.05, 0.1) is 0 Å². The molecule has 0 aromatic heterocycles. The van der Waals surface area contributed by atoms with Gasteiger partial charge < -0.3 is 10.6 Å². The van der Waals surface area contributed by atoms with E-state index in [0.717, 1.165) is 19.6 Å².